The molecule has 5 nitrogen and oxygen atoms in total. The highest BCUT2D eigenvalue weighted by atomic mass is 35.5. The van der Waals surface area contributed by atoms with Crippen molar-refractivity contribution in [3.8, 4) is 0 Å². The molecule has 1 aliphatic rings. The van der Waals surface area contributed by atoms with Crippen LogP contribution in [-0.4, -0.2) is 47.6 Å². The van der Waals surface area contributed by atoms with Crippen LogP contribution in [0.3, 0.4) is 0 Å². The van der Waals surface area contributed by atoms with E-state index in [1.807, 2.05) is 19.1 Å². The van der Waals surface area contributed by atoms with Crippen LogP contribution in [-0.2, 0) is 0 Å². The third-order valence-corrected chi connectivity index (χ3v) is 4.81. The van der Waals surface area contributed by atoms with Crippen LogP contribution in [0.5, 0.6) is 0 Å². The molecule has 0 amide bonds. The number of nitrogens with zero attached hydrogens (tertiary/aromatic N) is 4. The molecule has 1 aromatic carbocycles. The quantitative estimate of drug-likeness (QED) is 0.887. The molecule has 1 saturated heterocycles. The van der Waals surface area contributed by atoms with Crippen molar-refractivity contribution in [1.82, 2.24) is 14.9 Å². The average molecular weight is 366 g/mol. The van der Waals surface area contributed by atoms with Gasteiger partial charge in [-0.2, -0.15) is 4.98 Å². The molecule has 0 atom stereocenters. The number of anilines is 3. The lowest BCUT2D eigenvalue weighted by molar-refractivity contribution is 0.270. The van der Waals surface area contributed by atoms with Gasteiger partial charge in [0, 0.05) is 37.9 Å². The average Bonchev–Trinajstić information content (AvgIpc) is 2.58. The SMILES string of the molecule is CCN1CCN(c2cc(C)nc(Nc3c(Cl)cccc3Cl)n2)CC1. The van der Waals surface area contributed by atoms with Gasteiger partial charge in [-0.25, -0.2) is 4.98 Å². The fourth-order valence-corrected chi connectivity index (χ4v) is 3.28. The van der Waals surface area contributed by atoms with Crippen LogP contribution in [0.25, 0.3) is 0 Å². The number of piperazine rings is 1. The summed E-state index contributed by atoms with van der Waals surface area (Å²) in [4.78, 5) is 13.8. The van der Waals surface area contributed by atoms with Gasteiger partial charge in [-0.15, -0.1) is 0 Å². The predicted molar refractivity (Wildman–Crippen MR) is 101 cm³/mol. The molecule has 0 bridgehead atoms. The van der Waals surface area contributed by atoms with Gasteiger partial charge in [0.1, 0.15) is 5.82 Å². The Hall–Kier alpha value is -1.56. The van der Waals surface area contributed by atoms with Crippen molar-refractivity contribution in [3.05, 3.63) is 40.0 Å². The van der Waals surface area contributed by atoms with Crippen molar-refractivity contribution in [3.63, 3.8) is 0 Å². The molecular weight excluding hydrogens is 345 g/mol. The molecule has 0 unspecified atom stereocenters. The maximum Gasteiger partial charge on any atom is 0.229 e. The zero-order valence-corrected chi connectivity index (χ0v) is 15.4. The fraction of sp³-hybridized carbons (Fsp3) is 0.412. The summed E-state index contributed by atoms with van der Waals surface area (Å²) in [6, 6.07) is 7.40. The molecule has 128 valence electrons. The van der Waals surface area contributed by atoms with Crippen LogP contribution in [0, 0.1) is 6.92 Å². The second-order valence-corrected chi connectivity index (χ2v) is 6.65. The highest BCUT2D eigenvalue weighted by Crippen LogP contribution is 2.32. The lowest BCUT2D eigenvalue weighted by Gasteiger charge is -2.34. The van der Waals surface area contributed by atoms with E-state index >= 15 is 0 Å². The van der Waals surface area contributed by atoms with E-state index in [-0.39, 0.29) is 0 Å². The van der Waals surface area contributed by atoms with Gasteiger partial charge >= 0.3 is 0 Å². The minimum Gasteiger partial charge on any atom is -0.354 e. The van der Waals surface area contributed by atoms with Crippen molar-refractivity contribution >= 4 is 40.7 Å². The highest BCUT2D eigenvalue weighted by molar-refractivity contribution is 6.39. The number of aromatic nitrogens is 2. The lowest BCUT2D eigenvalue weighted by atomic mass is 10.3. The summed E-state index contributed by atoms with van der Waals surface area (Å²) in [6.45, 7) is 9.30. The van der Waals surface area contributed by atoms with E-state index in [4.69, 9.17) is 23.2 Å². The number of nitrogens with one attached hydrogen (secondary N) is 1. The third-order valence-electron chi connectivity index (χ3n) is 4.18. The minimum absolute atomic E-state index is 0.512. The number of para-hydroxylation sites is 1. The first-order valence-electron chi connectivity index (χ1n) is 8.11. The second-order valence-electron chi connectivity index (χ2n) is 5.83. The molecule has 1 aromatic heterocycles. The Kier molecular flexibility index (Phi) is 5.43. The molecule has 24 heavy (non-hydrogen) atoms. The topological polar surface area (TPSA) is 44.3 Å². The molecule has 1 aliphatic heterocycles. The van der Waals surface area contributed by atoms with Gasteiger partial charge in [0.15, 0.2) is 0 Å². The first-order valence-corrected chi connectivity index (χ1v) is 8.86. The van der Waals surface area contributed by atoms with Crippen molar-refractivity contribution in [1.29, 1.82) is 0 Å². The van der Waals surface area contributed by atoms with Gasteiger partial charge in [0.25, 0.3) is 0 Å². The van der Waals surface area contributed by atoms with Gasteiger partial charge in [0.2, 0.25) is 5.95 Å². The highest BCUT2D eigenvalue weighted by Gasteiger charge is 2.18. The van der Waals surface area contributed by atoms with Crippen LogP contribution in [0.2, 0.25) is 10.0 Å². The largest absolute Gasteiger partial charge is 0.354 e. The molecule has 3 rings (SSSR count). The molecule has 0 spiro atoms. The standard InChI is InChI=1S/C17H21Cl2N5/c1-3-23-7-9-24(10-8-23)15-11-12(2)20-17(21-15)22-16-13(18)5-4-6-14(16)19/h4-6,11H,3,7-10H2,1-2H3,(H,20,21,22). The Balaban J connectivity index is 1.82. The van der Waals surface area contributed by atoms with E-state index in [1.54, 1.807) is 12.1 Å². The molecule has 1 fully saturated rings. The van der Waals surface area contributed by atoms with Gasteiger partial charge in [0.05, 0.1) is 15.7 Å². The summed E-state index contributed by atoms with van der Waals surface area (Å²) >= 11 is 12.4. The summed E-state index contributed by atoms with van der Waals surface area (Å²) in [5.41, 5.74) is 1.54. The number of rotatable bonds is 4. The zero-order valence-electron chi connectivity index (χ0n) is 13.9. The third kappa shape index (κ3) is 3.91. The van der Waals surface area contributed by atoms with Crippen LogP contribution in [0.15, 0.2) is 24.3 Å². The smallest absolute Gasteiger partial charge is 0.229 e. The summed E-state index contributed by atoms with van der Waals surface area (Å²) in [6.07, 6.45) is 0. The molecule has 2 heterocycles. The predicted octanol–water partition coefficient (Wildman–Crippen LogP) is 3.98. The van der Waals surface area contributed by atoms with Crippen LogP contribution in [0.4, 0.5) is 17.5 Å². The first-order chi connectivity index (χ1) is 11.6. The Morgan fingerprint density at radius 1 is 1.08 bits per heavy atom. The molecule has 0 aliphatic carbocycles. The van der Waals surface area contributed by atoms with Gasteiger partial charge in [-0.05, 0) is 25.6 Å². The fourth-order valence-electron chi connectivity index (χ4n) is 2.79. The van der Waals surface area contributed by atoms with E-state index in [0.29, 0.717) is 21.7 Å². The Bertz CT molecular complexity index is 694. The summed E-state index contributed by atoms with van der Waals surface area (Å²) in [5, 5.41) is 4.25. The second kappa shape index (κ2) is 7.55. The summed E-state index contributed by atoms with van der Waals surface area (Å²) in [7, 11) is 0. The first kappa shape index (κ1) is 17.3. The summed E-state index contributed by atoms with van der Waals surface area (Å²) < 4.78 is 0. The number of benzene rings is 1. The number of hydrogen-bond donors (Lipinski definition) is 1. The van der Waals surface area contributed by atoms with Gasteiger partial charge in [-0.3, -0.25) is 0 Å². The van der Waals surface area contributed by atoms with Gasteiger partial charge < -0.3 is 15.1 Å². The maximum atomic E-state index is 6.22. The number of hydrogen-bond acceptors (Lipinski definition) is 5. The summed E-state index contributed by atoms with van der Waals surface area (Å²) in [5.74, 6) is 1.45. The van der Waals surface area contributed by atoms with Crippen LogP contribution < -0.4 is 10.2 Å². The lowest BCUT2D eigenvalue weighted by Crippen LogP contribution is -2.46. The van der Waals surface area contributed by atoms with Crippen molar-refractivity contribution in [2.75, 3.05) is 42.9 Å². The van der Waals surface area contributed by atoms with E-state index in [0.717, 1.165) is 44.2 Å². The Morgan fingerprint density at radius 2 is 1.75 bits per heavy atom. The van der Waals surface area contributed by atoms with E-state index in [9.17, 15) is 0 Å². The Labute approximate surface area is 152 Å². The minimum atomic E-state index is 0.512. The van der Waals surface area contributed by atoms with Gasteiger partial charge in [-0.1, -0.05) is 36.2 Å². The normalized spacial score (nSPS) is 15.6. The van der Waals surface area contributed by atoms with E-state index in [2.05, 4.69) is 32.0 Å². The number of likely N-dealkylation sites (N-methyl/N-ethyl adjacent to an activating group) is 1. The molecule has 0 radical (unpaired) electrons. The number of aryl methyl sites for hydroxylation is 1. The van der Waals surface area contributed by atoms with E-state index in [1.165, 1.54) is 0 Å². The maximum absolute atomic E-state index is 6.22. The van der Waals surface area contributed by atoms with Crippen LogP contribution >= 0.6 is 23.2 Å². The van der Waals surface area contributed by atoms with Crippen LogP contribution in [0.1, 0.15) is 12.6 Å². The molecule has 0 saturated carbocycles. The zero-order chi connectivity index (χ0) is 17.1. The molecule has 1 N–H and O–H groups in total. The molecule has 2 aromatic rings. The van der Waals surface area contributed by atoms with Crippen molar-refractivity contribution < 1.29 is 0 Å². The Morgan fingerprint density at radius 3 is 2.38 bits per heavy atom. The van der Waals surface area contributed by atoms with E-state index < -0.39 is 0 Å². The van der Waals surface area contributed by atoms with Crippen molar-refractivity contribution in [2.24, 2.45) is 0 Å². The monoisotopic (exact) mass is 365 g/mol. The number of halogens is 2. The molecular formula is C17H21Cl2N5. The van der Waals surface area contributed by atoms with Crippen molar-refractivity contribution in [2.45, 2.75) is 13.8 Å². The molecule has 7 heteroatoms.